The minimum atomic E-state index is -3.59. The zero-order chi connectivity index (χ0) is 14.1. The third kappa shape index (κ3) is 3.40. The summed E-state index contributed by atoms with van der Waals surface area (Å²) in [6.07, 6.45) is 1.98. The molecule has 18 heavy (non-hydrogen) atoms. The van der Waals surface area contributed by atoms with E-state index >= 15 is 0 Å². The Hall–Kier alpha value is -0.710. The van der Waals surface area contributed by atoms with E-state index in [9.17, 15) is 21.6 Å². The SMILES string of the molecule is COC(=O)[C@H]1CN(S(C)(=O)=O)CCN1S(C)(=O)=O. The van der Waals surface area contributed by atoms with Gasteiger partial charge in [-0.3, -0.25) is 4.79 Å². The third-order valence-corrected chi connectivity index (χ3v) is 5.22. The number of nitrogens with zero attached hydrogens (tertiary/aromatic N) is 2. The Morgan fingerprint density at radius 1 is 1.11 bits per heavy atom. The number of hydrogen-bond donors (Lipinski definition) is 0. The van der Waals surface area contributed by atoms with Crippen LogP contribution in [0, 0.1) is 0 Å². The van der Waals surface area contributed by atoms with E-state index in [1.807, 2.05) is 0 Å². The van der Waals surface area contributed by atoms with Gasteiger partial charge in [0, 0.05) is 19.6 Å². The highest BCUT2D eigenvalue weighted by atomic mass is 32.2. The van der Waals surface area contributed by atoms with E-state index < -0.39 is 32.1 Å². The molecule has 1 aliphatic heterocycles. The van der Waals surface area contributed by atoms with E-state index in [0.29, 0.717) is 0 Å². The van der Waals surface area contributed by atoms with E-state index in [-0.39, 0.29) is 19.6 Å². The van der Waals surface area contributed by atoms with Gasteiger partial charge in [0.1, 0.15) is 6.04 Å². The molecule has 0 N–H and O–H groups in total. The molecule has 0 aromatic heterocycles. The van der Waals surface area contributed by atoms with Crippen molar-refractivity contribution in [2.24, 2.45) is 0 Å². The van der Waals surface area contributed by atoms with Crippen molar-refractivity contribution in [3.8, 4) is 0 Å². The van der Waals surface area contributed by atoms with E-state index in [1.54, 1.807) is 0 Å². The summed E-state index contributed by atoms with van der Waals surface area (Å²) in [4.78, 5) is 11.5. The van der Waals surface area contributed by atoms with Crippen molar-refractivity contribution in [1.82, 2.24) is 8.61 Å². The van der Waals surface area contributed by atoms with Gasteiger partial charge in [0.05, 0.1) is 19.6 Å². The van der Waals surface area contributed by atoms with Crippen LogP contribution in [-0.2, 0) is 29.6 Å². The predicted octanol–water partition coefficient (Wildman–Crippen LogP) is -1.94. The molecule has 0 spiro atoms. The fourth-order valence-electron chi connectivity index (χ4n) is 1.77. The first-order valence-electron chi connectivity index (χ1n) is 5.07. The molecule has 1 aliphatic rings. The highest BCUT2D eigenvalue weighted by Crippen LogP contribution is 2.16. The van der Waals surface area contributed by atoms with Crippen LogP contribution in [0.15, 0.2) is 0 Å². The largest absolute Gasteiger partial charge is 0.468 e. The van der Waals surface area contributed by atoms with Crippen LogP contribution in [0.5, 0.6) is 0 Å². The summed E-state index contributed by atoms with van der Waals surface area (Å²) in [5, 5.41) is 0. The standard InChI is InChI=1S/C8H16N2O6S2/c1-16-8(11)7-6-9(17(2,12)13)4-5-10(7)18(3,14)15/h7H,4-6H2,1-3H3/t7-/m1/s1. The Labute approximate surface area is 107 Å². The fourth-order valence-corrected chi connectivity index (χ4v) is 3.62. The summed E-state index contributed by atoms with van der Waals surface area (Å²) in [7, 11) is -5.93. The maximum Gasteiger partial charge on any atom is 0.325 e. The third-order valence-electron chi connectivity index (χ3n) is 2.66. The van der Waals surface area contributed by atoms with Crippen LogP contribution in [0.2, 0.25) is 0 Å². The highest BCUT2D eigenvalue weighted by Gasteiger charge is 2.40. The molecule has 1 fully saturated rings. The lowest BCUT2D eigenvalue weighted by molar-refractivity contribution is -0.146. The lowest BCUT2D eigenvalue weighted by atomic mass is 10.2. The highest BCUT2D eigenvalue weighted by molar-refractivity contribution is 7.88. The summed E-state index contributed by atoms with van der Waals surface area (Å²) >= 11 is 0. The molecule has 0 aromatic rings. The molecule has 0 bridgehead atoms. The Balaban J connectivity index is 3.05. The van der Waals surface area contributed by atoms with Gasteiger partial charge in [-0.05, 0) is 0 Å². The van der Waals surface area contributed by atoms with Gasteiger partial charge in [0.25, 0.3) is 0 Å². The lowest BCUT2D eigenvalue weighted by Crippen LogP contribution is -2.59. The van der Waals surface area contributed by atoms with Crippen LogP contribution in [0.3, 0.4) is 0 Å². The van der Waals surface area contributed by atoms with E-state index in [4.69, 9.17) is 0 Å². The zero-order valence-corrected chi connectivity index (χ0v) is 12.0. The molecule has 1 heterocycles. The summed E-state index contributed by atoms with van der Waals surface area (Å²) < 4.78 is 52.4. The number of carbonyl (C=O) groups is 1. The Morgan fingerprint density at radius 2 is 1.67 bits per heavy atom. The average molecular weight is 300 g/mol. The molecule has 106 valence electrons. The zero-order valence-electron chi connectivity index (χ0n) is 10.4. The van der Waals surface area contributed by atoms with E-state index in [1.165, 1.54) is 0 Å². The molecule has 0 saturated carbocycles. The quantitative estimate of drug-likeness (QED) is 0.562. The maximum atomic E-state index is 11.5. The minimum Gasteiger partial charge on any atom is -0.468 e. The summed E-state index contributed by atoms with van der Waals surface area (Å²) in [5.41, 5.74) is 0. The van der Waals surface area contributed by atoms with Crippen LogP contribution < -0.4 is 0 Å². The van der Waals surface area contributed by atoms with Gasteiger partial charge in [-0.15, -0.1) is 0 Å². The topological polar surface area (TPSA) is 101 Å². The smallest absolute Gasteiger partial charge is 0.325 e. The van der Waals surface area contributed by atoms with Crippen LogP contribution in [0.1, 0.15) is 0 Å². The van der Waals surface area contributed by atoms with Crippen molar-refractivity contribution in [3.63, 3.8) is 0 Å². The molecule has 0 amide bonds. The molecular weight excluding hydrogens is 284 g/mol. The molecule has 1 atom stereocenters. The first-order chi connectivity index (χ1) is 8.07. The van der Waals surface area contributed by atoms with Crippen LogP contribution >= 0.6 is 0 Å². The van der Waals surface area contributed by atoms with Crippen LogP contribution in [-0.4, -0.2) is 76.7 Å². The number of piperazine rings is 1. The minimum absolute atomic E-state index is 0.0272. The molecule has 0 radical (unpaired) electrons. The van der Waals surface area contributed by atoms with Crippen molar-refractivity contribution in [2.45, 2.75) is 6.04 Å². The van der Waals surface area contributed by atoms with Crippen LogP contribution in [0.25, 0.3) is 0 Å². The second kappa shape index (κ2) is 5.11. The second-order valence-corrected chi connectivity index (χ2v) is 7.95. The van der Waals surface area contributed by atoms with E-state index in [0.717, 1.165) is 28.2 Å². The normalized spacial score (nSPS) is 23.8. The van der Waals surface area contributed by atoms with Crippen molar-refractivity contribution in [2.75, 3.05) is 39.3 Å². The number of carbonyl (C=O) groups excluding carboxylic acids is 1. The van der Waals surface area contributed by atoms with Gasteiger partial charge >= 0.3 is 5.97 Å². The van der Waals surface area contributed by atoms with Gasteiger partial charge in [-0.25, -0.2) is 16.8 Å². The Morgan fingerprint density at radius 3 is 2.06 bits per heavy atom. The fraction of sp³-hybridized carbons (Fsp3) is 0.875. The van der Waals surface area contributed by atoms with Crippen molar-refractivity contribution >= 4 is 26.0 Å². The van der Waals surface area contributed by atoms with Crippen molar-refractivity contribution in [1.29, 1.82) is 0 Å². The maximum absolute atomic E-state index is 11.5. The molecule has 1 rings (SSSR count). The molecule has 10 heteroatoms. The Kier molecular flexibility index (Phi) is 4.36. The Bertz CT molecular complexity index is 526. The number of methoxy groups -OCH3 is 1. The number of rotatable bonds is 3. The molecular formula is C8H16N2O6S2. The van der Waals surface area contributed by atoms with E-state index in [2.05, 4.69) is 4.74 Å². The second-order valence-electron chi connectivity index (χ2n) is 4.03. The van der Waals surface area contributed by atoms with Gasteiger partial charge in [0.15, 0.2) is 0 Å². The van der Waals surface area contributed by atoms with Gasteiger partial charge < -0.3 is 4.74 Å². The van der Waals surface area contributed by atoms with Gasteiger partial charge in [0.2, 0.25) is 20.0 Å². The van der Waals surface area contributed by atoms with Crippen molar-refractivity contribution in [3.05, 3.63) is 0 Å². The van der Waals surface area contributed by atoms with Gasteiger partial charge in [-0.1, -0.05) is 0 Å². The van der Waals surface area contributed by atoms with Crippen LogP contribution in [0.4, 0.5) is 0 Å². The molecule has 8 nitrogen and oxygen atoms in total. The van der Waals surface area contributed by atoms with Gasteiger partial charge in [-0.2, -0.15) is 8.61 Å². The molecule has 1 saturated heterocycles. The predicted molar refractivity (Wildman–Crippen MR) is 63.8 cm³/mol. The summed E-state index contributed by atoms with van der Waals surface area (Å²) in [6, 6.07) is -1.13. The summed E-state index contributed by atoms with van der Waals surface area (Å²) in [6.45, 7) is -0.260. The van der Waals surface area contributed by atoms with Crippen molar-refractivity contribution < 1.29 is 26.4 Å². The number of sulfonamides is 2. The monoisotopic (exact) mass is 300 g/mol. The first-order valence-corrected chi connectivity index (χ1v) is 8.77. The first kappa shape index (κ1) is 15.3. The molecule has 0 aliphatic carbocycles. The molecule has 0 aromatic carbocycles. The number of esters is 1. The molecule has 0 unspecified atom stereocenters. The summed E-state index contributed by atoms with van der Waals surface area (Å²) in [5.74, 6) is -0.770. The average Bonchev–Trinajstić information content (AvgIpc) is 2.24. The lowest BCUT2D eigenvalue weighted by Gasteiger charge is -2.36. The number of hydrogen-bond acceptors (Lipinski definition) is 6. The number of ether oxygens (including phenoxy) is 1.